The van der Waals surface area contributed by atoms with Gasteiger partial charge in [-0.05, 0) is 35.6 Å². The Bertz CT molecular complexity index is 559. The molecule has 0 saturated heterocycles. The fourth-order valence-corrected chi connectivity index (χ4v) is 3.08. The van der Waals surface area contributed by atoms with Crippen molar-refractivity contribution in [3.63, 3.8) is 0 Å². The third kappa shape index (κ3) is 3.55. The minimum absolute atomic E-state index is 0.00500. The van der Waals surface area contributed by atoms with E-state index in [1.807, 2.05) is 24.3 Å². The first-order valence-electron chi connectivity index (χ1n) is 6.45. The lowest BCUT2D eigenvalue weighted by atomic mass is 9.89. The number of nitrogens with two attached hydrogens (primary N) is 1. The van der Waals surface area contributed by atoms with Crippen LogP contribution in [-0.2, 0) is 11.8 Å². The normalized spacial score (nSPS) is 13.4. The van der Waals surface area contributed by atoms with Gasteiger partial charge in [-0.15, -0.1) is 5.10 Å². The topological polar surface area (TPSA) is 63.8 Å². The van der Waals surface area contributed by atoms with Crippen LogP contribution in [0.3, 0.4) is 0 Å². The van der Waals surface area contributed by atoms with E-state index < -0.39 is 0 Å². The van der Waals surface area contributed by atoms with E-state index in [1.165, 1.54) is 17.1 Å². The molecule has 0 amide bonds. The molecule has 0 saturated carbocycles. The van der Waals surface area contributed by atoms with Crippen LogP contribution in [0.2, 0.25) is 5.02 Å². The van der Waals surface area contributed by atoms with Crippen molar-refractivity contribution in [3.05, 3.63) is 45.4 Å². The molecule has 108 valence electrons. The maximum atomic E-state index is 5.91. The highest BCUT2D eigenvalue weighted by Gasteiger charge is 2.26. The molecule has 1 heterocycles. The van der Waals surface area contributed by atoms with Crippen LogP contribution in [-0.4, -0.2) is 9.59 Å². The van der Waals surface area contributed by atoms with Gasteiger partial charge in [0.2, 0.25) is 0 Å². The Morgan fingerprint density at radius 3 is 2.50 bits per heavy atom. The van der Waals surface area contributed by atoms with E-state index in [9.17, 15) is 0 Å². The van der Waals surface area contributed by atoms with E-state index in [0.717, 1.165) is 22.0 Å². The molecule has 2 rings (SSSR count). The molecule has 1 unspecified atom stereocenters. The van der Waals surface area contributed by atoms with Crippen LogP contribution in [0.1, 0.15) is 42.9 Å². The van der Waals surface area contributed by atoms with E-state index in [-0.39, 0.29) is 11.5 Å². The minimum Gasteiger partial charge on any atom is -0.271 e. The van der Waals surface area contributed by atoms with Gasteiger partial charge in [-0.3, -0.25) is 11.3 Å². The molecule has 0 radical (unpaired) electrons. The average Bonchev–Trinajstić information content (AvgIpc) is 2.87. The molecule has 20 heavy (non-hydrogen) atoms. The second-order valence-electron chi connectivity index (χ2n) is 5.79. The highest BCUT2D eigenvalue weighted by molar-refractivity contribution is 7.05. The van der Waals surface area contributed by atoms with Crippen molar-refractivity contribution < 1.29 is 0 Å². The van der Waals surface area contributed by atoms with Crippen LogP contribution in [0.25, 0.3) is 0 Å². The van der Waals surface area contributed by atoms with E-state index in [1.54, 1.807) is 0 Å². The number of nitrogens with one attached hydrogen (secondary N) is 1. The Labute approximate surface area is 128 Å². The number of hydrazine groups is 1. The molecule has 0 aliphatic carbocycles. The second kappa shape index (κ2) is 6.18. The fourth-order valence-electron chi connectivity index (χ4n) is 2.03. The van der Waals surface area contributed by atoms with Crippen molar-refractivity contribution in [1.29, 1.82) is 0 Å². The Balaban J connectivity index is 2.25. The molecular formula is C14H19ClN4S. The quantitative estimate of drug-likeness (QED) is 0.672. The molecule has 1 atom stereocenters. The van der Waals surface area contributed by atoms with E-state index in [0.29, 0.717) is 0 Å². The molecule has 3 N–H and O–H groups in total. The summed E-state index contributed by atoms with van der Waals surface area (Å²) in [6.45, 7) is 6.38. The van der Waals surface area contributed by atoms with Crippen molar-refractivity contribution in [2.45, 2.75) is 38.6 Å². The summed E-state index contributed by atoms with van der Waals surface area (Å²) >= 11 is 7.31. The van der Waals surface area contributed by atoms with Crippen LogP contribution in [0.15, 0.2) is 24.3 Å². The fraction of sp³-hybridized carbons (Fsp3) is 0.429. The average molecular weight is 311 g/mol. The first kappa shape index (κ1) is 15.4. The third-order valence-corrected chi connectivity index (χ3v) is 4.18. The lowest BCUT2D eigenvalue weighted by Crippen LogP contribution is -2.31. The highest BCUT2D eigenvalue weighted by Crippen LogP contribution is 2.31. The highest BCUT2D eigenvalue weighted by atomic mass is 35.5. The molecule has 1 aromatic heterocycles. The predicted molar refractivity (Wildman–Crippen MR) is 83.8 cm³/mol. The Kier molecular flexibility index (Phi) is 4.75. The number of benzene rings is 1. The van der Waals surface area contributed by atoms with Crippen LogP contribution < -0.4 is 11.3 Å². The maximum Gasteiger partial charge on any atom is 0.0857 e. The first-order valence-corrected chi connectivity index (χ1v) is 7.60. The molecule has 0 aliphatic rings. The monoisotopic (exact) mass is 310 g/mol. The van der Waals surface area contributed by atoms with Crippen LogP contribution in [0.4, 0.5) is 0 Å². The molecule has 0 aliphatic heterocycles. The van der Waals surface area contributed by atoms with Crippen molar-refractivity contribution >= 4 is 23.1 Å². The largest absolute Gasteiger partial charge is 0.271 e. The van der Waals surface area contributed by atoms with E-state index >= 15 is 0 Å². The Morgan fingerprint density at radius 2 is 1.95 bits per heavy atom. The van der Waals surface area contributed by atoms with Gasteiger partial charge in [0.1, 0.15) is 0 Å². The van der Waals surface area contributed by atoms with Crippen molar-refractivity contribution in [1.82, 2.24) is 15.0 Å². The van der Waals surface area contributed by atoms with Crippen molar-refractivity contribution in [2.75, 3.05) is 0 Å². The standard InChI is InChI=1S/C14H19ClN4S/c1-14(2,3)13-12(20-19-18-13)11(17-16)8-9-4-6-10(15)7-5-9/h4-7,11,17H,8,16H2,1-3H3. The van der Waals surface area contributed by atoms with Gasteiger partial charge in [0.25, 0.3) is 0 Å². The first-order chi connectivity index (χ1) is 9.41. The van der Waals surface area contributed by atoms with Gasteiger partial charge in [0.05, 0.1) is 16.6 Å². The number of hydrogen-bond donors (Lipinski definition) is 2. The van der Waals surface area contributed by atoms with Gasteiger partial charge in [0, 0.05) is 10.4 Å². The molecule has 1 aromatic carbocycles. The zero-order valence-electron chi connectivity index (χ0n) is 11.9. The van der Waals surface area contributed by atoms with Crippen LogP contribution >= 0.6 is 23.1 Å². The molecule has 0 fully saturated rings. The van der Waals surface area contributed by atoms with Gasteiger partial charge in [0.15, 0.2) is 0 Å². The Morgan fingerprint density at radius 1 is 1.30 bits per heavy atom. The predicted octanol–water partition coefficient (Wildman–Crippen LogP) is 3.24. The summed E-state index contributed by atoms with van der Waals surface area (Å²) in [5.41, 5.74) is 5.00. The summed E-state index contributed by atoms with van der Waals surface area (Å²) in [6, 6.07) is 7.81. The number of nitrogens with zero attached hydrogens (tertiary/aromatic N) is 2. The summed E-state index contributed by atoms with van der Waals surface area (Å²) in [4.78, 5) is 1.09. The van der Waals surface area contributed by atoms with Crippen LogP contribution in [0, 0.1) is 0 Å². The summed E-state index contributed by atoms with van der Waals surface area (Å²) in [5.74, 6) is 5.73. The van der Waals surface area contributed by atoms with Gasteiger partial charge in [-0.2, -0.15) is 0 Å². The van der Waals surface area contributed by atoms with Gasteiger partial charge >= 0.3 is 0 Å². The van der Waals surface area contributed by atoms with Crippen molar-refractivity contribution in [2.24, 2.45) is 5.84 Å². The smallest absolute Gasteiger partial charge is 0.0857 e. The molecule has 2 aromatic rings. The summed E-state index contributed by atoms with van der Waals surface area (Å²) in [6.07, 6.45) is 0.778. The van der Waals surface area contributed by atoms with Gasteiger partial charge in [-0.1, -0.05) is 49.0 Å². The third-order valence-electron chi connectivity index (χ3n) is 3.09. The zero-order valence-corrected chi connectivity index (χ0v) is 13.4. The molecule has 4 nitrogen and oxygen atoms in total. The minimum atomic E-state index is -0.0442. The van der Waals surface area contributed by atoms with E-state index in [2.05, 4.69) is 35.8 Å². The number of aromatic nitrogens is 2. The lowest BCUT2D eigenvalue weighted by molar-refractivity contribution is 0.515. The molecular weight excluding hydrogens is 292 g/mol. The lowest BCUT2D eigenvalue weighted by Gasteiger charge is -2.21. The maximum absolute atomic E-state index is 5.91. The van der Waals surface area contributed by atoms with Gasteiger partial charge < -0.3 is 0 Å². The van der Waals surface area contributed by atoms with Crippen molar-refractivity contribution in [3.8, 4) is 0 Å². The SMILES string of the molecule is CC(C)(C)c1nnsc1C(Cc1ccc(Cl)cc1)NN. The molecule has 0 spiro atoms. The Hall–Kier alpha value is -1.01. The summed E-state index contributed by atoms with van der Waals surface area (Å²) in [7, 11) is 0. The molecule has 0 bridgehead atoms. The second-order valence-corrected chi connectivity index (χ2v) is 7.01. The number of rotatable bonds is 4. The summed E-state index contributed by atoms with van der Waals surface area (Å²) in [5, 5.41) is 5.00. The number of halogens is 1. The summed E-state index contributed by atoms with van der Waals surface area (Å²) < 4.78 is 4.09. The number of hydrogen-bond acceptors (Lipinski definition) is 5. The van der Waals surface area contributed by atoms with E-state index in [4.69, 9.17) is 17.4 Å². The van der Waals surface area contributed by atoms with Gasteiger partial charge in [-0.25, -0.2) is 0 Å². The molecule has 6 heteroatoms. The zero-order chi connectivity index (χ0) is 14.8. The van der Waals surface area contributed by atoms with Crippen LogP contribution in [0.5, 0.6) is 0 Å².